The standard InChI is InChI=1S/C20H25N5OS/c1-4-6-19-22-18(13-27-19)12-26-24-20(21)17-8-5-7-16(10-17)11-25-15(3)9-14(2)23-25/h5,7-10,13H,4,6,11-12H2,1-3H3,(H2,21,24). The highest BCUT2D eigenvalue weighted by Gasteiger charge is 2.06. The van der Waals surface area contributed by atoms with Crippen LogP contribution < -0.4 is 5.73 Å². The van der Waals surface area contributed by atoms with Crippen molar-refractivity contribution in [1.82, 2.24) is 14.8 Å². The van der Waals surface area contributed by atoms with Gasteiger partial charge in [-0.1, -0.05) is 30.3 Å². The zero-order valence-corrected chi connectivity index (χ0v) is 16.8. The van der Waals surface area contributed by atoms with Gasteiger partial charge >= 0.3 is 0 Å². The molecule has 2 heterocycles. The van der Waals surface area contributed by atoms with Gasteiger partial charge < -0.3 is 10.6 Å². The molecule has 2 aromatic heterocycles. The molecule has 0 radical (unpaired) electrons. The van der Waals surface area contributed by atoms with Crippen LogP contribution in [0.4, 0.5) is 0 Å². The lowest BCUT2D eigenvalue weighted by molar-refractivity contribution is 0.128. The highest BCUT2D eigenvalue weighted by Crippen LogP contribution is 2.13. The summed E-state index contributed by atoms with van der Waals surface area (Å²) < 4.78 is 1.98. The molecule has 0 unspecified atom stereocenters. The maximum Gasteiger partial charge on any atom is 0.170 e. The van der Waals surface area contributed by atoms with E-state index in [2.05, 4.69) is 41.2 Å². The molecule has 0 aliphatic heterocycles. The average molecular weight is 384 g/mol. The van der Waals surface area contributed by atoms with Gasteiger partial charge in [0.25, 0.3) is 0 Å². The second-order valence-electron chi connectivity index (χ2n) is 6.52. The number of amidine groups is 1. The quantitative estimate of drug-likeness (QED) is 0.365. The van der Waals surface area contributed by atoms with E-state index in [4.69, 9.17) is 10.6 Å². The van der Waals surface area contributed by atoms with Crippen LogP contribution in [-0.4, -0.2) is 20.6 Å². The van der Waals surface area contributed by atoms with Crippen molar-refractivity contribution in [3.05, 3.63) is 68.9 Å². The van der Waals surface area contributed by atoms with Gasteiger partial charge in [0, 0.05) is 16.6 Å². The number of nitrogens with zero attached hydrogens (tertiary/aromatic N) is 4. The molecule has 0 spiro atoms. The Hall–Kier alpha value is -2.67. The molecule has 0 atom stereocenters. The number of aryl methyl sites for hydroxylation is 3. The van der Waals surface area contributed by atoms with E-state index in [0.29, 0.717) is 19.0 Å². The first kappa shape index (κ1) is 19.1. The molecule has 142 valence electrons. The smallest absolute Gasteiger partial charge is 0.170 e. The summed E-state index contributed by atoms with van der Waals surface area (Å²) in [5.74, 6) is 0.356. The molecule has 0 aliphatic rings. The van der Waals surface area contributed by atoms with E-state index in [1.165, 1.54) is 0 Å². The minimum atomic E-state index is 0.326. The van der Waals surface area contributed by atoms with E-state index in [1.54, 1.807) is 11.3 Å². The fourth-order valence-electron chi connectivity index (χ4n) is 2.80. The van der Waals surface area contributed by atoms with Crippen LogP contribution in [0.15, 0.2) is 40.9 Å². The molecule has 3 aromatic rings. The Labute approximate surface area is 163 Å². The topological polar surface area (TPSA) is 78.3 Å². The van der Waals surface area contributed by atoms with Crippen LogP contribution in [0.25, 0.3) is 0 Å². The van der Waals surface area contributed by atoms with Crippen molar-refractivity contribution in [3.63, 3.8) is 0 Å². The van der Waals surface area contributed by atoms with E-state index in [-0.39, 0.29) is 0 Å². The first-order chi connectivity index (χ1) is 13.0. The number of aromatic nitrogens is 3. The lowest BCUT2D eigenvalue weighted by Crippen LogP contribution is -2.14. The molecule has 6 nitrogen and oxygen atoms in total. The maximum absolute atomic E-state index is 6.09. The van der Waals surface area contributed by atoms with E-state index in [0.717, 1.165) is 46.1 Å². The van der Waals surface area contributed by atoms with Crippen molar-refractivity contribution in [1.29, 1.82) is 0 Å². The highest BCUT2D eigenvalue weighted by molar-refractivity contribution is 7.09. The molecule has 0 bridgehead atoms. The monoisotopic (exact) mass is 383 g/mol. The highest BCUT2D eigenvalue weighted by atomic mass is 32.1. The molecule has 1 aromatic carbocycles. The SMILES string of the molecule is CCCc1nc(CO/N=C(/N)c2cccc(Cn3nc(C)cc3C)c2)cs1. The average Bonchev–Trinajstić information content (AvgIpc) is 3.21. The van der Waals surface area contributed by atoms with Crippen molar-refractivity contribution < 1.29 is 4.84 Å². The summed E-state index contributed by atoms with van der Waals surface area (Å²) in [6.45, 7) is 7.21. The molecule has 0 amide bonds. The van der Waals surface area contributed by atoms with E-state index in [1.807, 2.05) is 35.2 Å². The predicted octanol–water partition coefficient (Wildman–Crippen LogP) is 3.79. The summed E-state index contributed by atoms with van der Waals surface area (Å²) in [5, 5.41) is 11.7. The number of oxime groups is 1. The van der Waals surface area contributed by atoms with E-state index in [9.17, 15) is 0 Å². The Morgan fingerprint density at radius 2 is 2.15 bits per heavy atom. The van der Waals surface area contributed by atoms with Gasteiger partial charge in [-0.15, -0.1) is 11.3 Å². The minimum Gasteiger partial charge on any atom is -0.388 e. The summed E-state index contributed by atoms with van der Waals surface area (Å²) >= 11 is 1.66. The van der Waals surface area contributed by atoms with Gasteiger partial charge in [0.2, 0.25) is 0 Å². The zero-order valence-electron chi connectivity index (χ0n) is 16.0. The third-order valence-electron chi connectivity index (χ3n) is 4.10. The molecule has 0 saturated heterocycles. The van der Waals surface area contributed by atoms with Crippen LogP contribution in [0.2, 0.25) is 0 Å². The molecule has 0 fully saturated rings. The summed E-state index contributed by atoms with van der Waals surface area (Å²) in [6.07, 6.45) is 2.09. The van der Waals surface area contributed by atoms with Crippen LogP contribution in [0, 0.1) is 13.8 Å². The predicted molar refractivity (Wildman–Crippen MR) is 109 cm³/mol. The molecule has 3 rings (SSSR count). The van der Waals surface area contributed by atoms with Crippen molar-refractivity contribution in [2.75, 3.05) is 0 Å². The summed E-state index contributed by atoms with van der Waals surface area (Å²) in [4.78, 5) is 9.91. The Morgan fingerprint density at radius 1 is 1.30 bits per heavy atom. The number of hydrogen-bond donors (Lipinski definition) is 1. The van der Waals surface area contributed by atoms with Gasteiger partial charge in [-0.2, -0.15) is 5.10 Å². The van der Waals surface area contributed by atoms with Gasteiger partial charge in [0.15, 0.2) is 12.4 Å². The number of benzene rings is 1. The maximum atomic E-state index is 6.09. The molecular formula is C20H25N5OS. The van der Waals surface area contributed by atoms with Crippen LogP contribution in [0.3, 0.4) is 0 Å². The normalized spacial score (nSPS) is 11.7. The number of nitrogens with two attached hydrogens (primary N) is 1. The van der Waals surface area contributed by atoms with Crippen molar-refractivity contribution in [2.45, 2.75) is 46.8 Å². The number of hydrogen-bond acceptors (Lipinski definition) is 5. The van der Waals surface area contributed by atoms with Crippen LogP contribution in [-0.2, 0) is 24.4 Å². The molecule has 27 heavy (non-hydrogen) atoms. The Morgan fingerprint density at radius 3 is 2.89 bits per heavy atom. The first-order valence-electron chi connectivity index (χ1n) is 9.04. The molecule has 7 heteroatoms. The minimum absolute atomic E-state index is 0.326. The third-order valence-corrected chi connectivity index (χ3v) is 5.05. The number of thiazole rings is 1. The first-order valence-corrected chi connectivity index (χ1v) is 9.92. The van der Waals surface area contributed by atoms with Gasteiger partial charge in [-0.05, 0) is 44.4 Å². The van der Waals surface area contributed by atoms with Gasteiger partial charge in [-0.3, -0.25) is 4.68 Å². The lowest BCUT2D eigenvalue weighted by atomic mass is 10.1. The number of rotatable bonds is 8. The van der Waals surface area contributed by atoms with Crippen molar-refractivity contribution >= 4 is 17.2 Å². The molecule has 2 N–H and O–H groups in total. The second-order valence-corrected chi connectivity index (χ2v) is 7.46. The van der Waals surface area contributed by atoms with Crippen molar-refractivity contribution in [3.8, 4) is 0 Å². The van der Waals surface area contributed by atoms with Gasteiger partial charge in [0.05, 0.1) is 22.9 Å². The van der Waals surface area contributed by atoms with Gasteiger partial charge in [0.1, 0.15) is 0 Å². The summed E-state index contributed by atoms with van der Waals surface area (Å²) in [5.41, 5.74) is 11.1. The van der Waals surface area contributed by atoms with Crippen molar-refractivity contribution in [2.24, 2.45) is 10.9 Å². The third kappa shape index (κ3) is 5.17. The fraction of sp³-hybridized carbons (Fsp3) is 0.350. The molecule has 0 saturated carbocycles. The lowest BCUT2D eigenvalue weighted by Gasteiger charge is -2.07. The Balaban J connectivity index is 1.62. The van der Waals surface area contributed by atoms with Crippen LogP contribution in [0.5, 0.6) is 0 Å². The molecular weight excluding hydrogens is 358 g/mol. The summed E-state index contributed by atoms with van der Waals surface area (Å²) in [7, 11) is 0. The van der Waals surface area contributed by atoms with E-state index < -0.39 is 0 Å². The zero-order chi connectivity index (χ0) is 19.2. The fourth-order valence-corrected chi connectivity index (χ4v) is 3.69. The second kappa shape index (κ2) is 8.81. The van der Waals surface area contributed by atoms with Crippen LogP contribution >= 0.6 is 11.3 Å². The Kier molecular flexibility index (Phi) is 6.24. The Bertz CT molecular complexity index is 928. The van der Waals surface area contributed by atoms with Crippen LogP contribution in [0.1, 0.15) is 46.6 Å². The summed E-state index contributed by atoms with van der Waals surface area (Å²) in [6, 6.07) is 10.0. The largest absolute Gasteiger partial charge is 0.388 e. The van der Waals surface area contributed by atoms with E-state index >= 15 is 0 Å². The van der Waals surface area contributed by atoms with Gasteiger partial charge in [-0.25, -0.2) is 4.98 Å². The molecule has 0 aliphatic carbocycles.